The molecule has 0 bridgehead atoms. The summed E-state index contributed by atoms with van der Waals surface area (Å²) in [6, 6.07) is 3.11. The van der Waals surface area contributed by atoms with Crippen LogP contribution >= 0.6 is 0 Å². The minimum atomic E-state index is -1.03. The number of amides is 1. The summed E-state index contributed by atoms with van der Waals surface area (Å²) in [6.07, 6.45) is 2.51. The van der Waals surface area contributed by atoms with Crippen molar-refractivity contribution < 1.29 is 23.4 Å². The van der Waals surface area contributed by atoms with Gasteiger partial charge in [-0.15, -0.1) is 0 Å². The molecule has 1 aliphatic rings. The average Bonchev–Trinajstić information content (AvgIpc) is 2.92. The Morgan fingerprint density at radius 1 is 1.38 bits per heavy atom. The summed E-state index contributed by atoms with van der Waals surface area (Å²) in [6.45, 7) is 1.41. The van der Waals surface area contributed by atoms with Crippen molar-refractivity contribution in [2.24, 2.45) is 0 Å². The molecule has 1 aromatic carbocycles. The van der Waals surface area contributed by atoms with Crippen LogP contribution in [0.5, 0.6) is 5.75 Å². The third-order valence-corrected chi connectivity index (χ3v) is 3.82. The molecule has 0 aromatic heterocycles. The number of rotatable bonds is 5. The molecule has 0 spiro atoms. The number of benzene rings is 1. The van der Waals surface area contributed by atoms with Crippen LogP contribution in [0.4, 0.5) is 8.78 Å². The number of carbonyl (C=O) groups excluding carboxylic acids is 1. The van der Waals surface area contributed by atoms with E-state index in [9.17, 15) is 18.7 Å². The van der Waals surface area contributed by atoms with Crippen molar-refractivity contribution >= 4 is 5.91 Å². The SMILES string of the molecule is CC(Oc1ccc(F)c(F)c1)C(=O)NC1(CO)CCCC1. The van der Waals surface area contributed by atoms with Crippen molar-refractivity contribution in [2.75, 3.05) is 6.61 Å². The minimum absolute atomic E-state index is 0.0843. The second-order valence-electron chi connectivity index (χ2n) is 5.47. The molecular weight excluding hydrogens is 280 g/mol. The van der Waals surface area contributed by atoms with Crippen molar-refractivity contribution in [3.8, 4) is 5.75 Å². The predicted octanol–water partition coefficient (Wildman–Crippen LogP) is 2.15. The molecule has 0 heterocycles. The molecule has 116 valence electrons. The summed E-state index contributed by atoms with van der Waals surface area (Å²) < 4.78 is 31.2. The smallest absolute Gasteiger partial charge is 0.261 e. The topological polar surface area (TPSA) is 58.6 Å². The Bertz CT molecular complexity index is 516. The lowest BCUT2D eigenvalue weighted by Gasteiger charge is -2.29. The van der Waals surface area contributed by atoms with Crippen LogP contribution in [0.25, 0.3) is 0 Å². The summed E-state index contributed by atoms with van der Waals surface area (Å²) in [5.74, 6) is -2.29. The maximum atomic E-state index is 13.1. The van der Waals surface area contributed by atoms with Gasteiger partial charge in [0.15, 0.2) is 17.7 Å². The zero-order valence-corrected chi connectivity index (χ0v) is 11.9. The Morgan fingerprint density at radius 2 is 2.05 bits per heavy atom. The molecule has 4 nitrogen and oxygen atoms in total. The number of nitrogens with one attached hydrogen (secondary N) is 1. The van der Waals surface area contributed by atoms with Gasteiger partial charge in [0.05, 0.1) is 12.1 Å². The molecule has 2 rings (SSSR count). The third-order valence-electron chi connectivity index (χ3n) is 3.82. The highest BCUT2D eigenvalue weighted by Crippen LogP contribution is 2.29. The van der Waals surface area contributed by atoms with Crippen LogP contribution in [-0.4, -0.2) is 29.3 Å². The first-order valence-electron chi connectivity index (χ1n) is 7.00. The van der Waals surface area contributed by atoms with E-state index in [0.717, 1.165) is 37.8 Å². The fourth-order valence-electron chi connectivity index (χ4n) is 2.55. The fourth-order valence-corrected chi connectivity index (χ4v) is 2.55. The Labute approximate surface area is 122 Å². The van der Waals surface area contributed by atoms with Crippen LogP contribution in [-0.2, 0) is 4.79 Å². The molecule has 1 saturated carbocycles. The normalized spacial score (nSPS) is 18.3. The van der Waals surface area contributed by atoms with Gasteiger partial charge in [-0.25, -0.2) is 8.78 Å². The van der Waals surface area contributed by atoms with Gasteiger partial charge in [-0.2, -0.15) is 0 Å². The summed E-state index contributed by atoms with van der Waals surface area (Å²) in [7, 11) is 0. The van der Waals surface area contributed by atoms with Crippen molar-refractivity contribution in [2.45, 2.75) is 44.2 Å². The van der Waals surface area contributed by atoms with Crippen molar-refractivity contribution in [1.82, 2.24) is 5.32 Å². The Morgan fingerprint density at radius 3 is 2.62 bits per heavy atom. The van der Waals surface area contributed by atoms with E-state index < -0.39 is 23.3 Å². The molecule has 1 atom stereocenters. The Kier molecular flexibility index (Phi) is 4.77. The number of hydrogen-bond donors (Lipinski definition) is 2. The lowest BCUT2D eigenvalue weighted by Crippen LogP contribution is -2.52. The van der Waals surface area contributed by atoms with Gasteiger partial charge >= 0.3 is 0 Å². The van der Waals surface area contributed by atoms with Crippen LogP contribution < -0.4 is 10.1 Å². The van der Waals surface area contributed by atoms with E-state index in [1.54, 1.807) is 0 Å². The zero-order chi connectivity index (χ0) is 15.5. The van der Waals surface area contributed by atoms with E-state index >= 15 is 0 Å². The van der Waals surface area contributed by atoms with Gasteiger partial charge in [0.1, 0.15) is 5.75 Å². The number of halogens is 2. The van der Waals surface area contributed by atoms with E-state index in [4.69, 9.17) is 4.74 Å². The number of carbonyl (C=O) groups is 1. The zero-order valence-electron chi connectivity index (χ0n) is 11.9. The van der Waals surface area contributed by atoms with E-state index in [-0.39, 0.29) is 18.3 Å². The van der Waals surface area contributed by atoms with Gasteiger partial charge < -0.3 is 15.2 Å². The van der Waals surface area contributed by atoms with E-state index in [1.807, 2.05) is 0 Å². The lowest BCUT2D eigenvalue weighted by molar-refractivity contribution is -0.129. The van der Waals surface area contributed by atoms with Gasteiger partial charge in [0, 0.05) is 6.07 Å². The van der Waals surface area contributed by atoms with E-state index in [1.165, 1.54) is 13.0 Å². The highest BCUT2D eigenvalue weighted by atomic mass is 19.2. The summed E-state index contributed by atoms with van der Waals surface area (Å²) in [5.41, 5.74) is -0.581. The highest BCUT2D eigenvalue weighted by Gasteiger charge is 2.36. The molecule has 1 aromatic rings. The largest absolute Gasteiger partial charge is 0.481 e. The monoisotopic (exact) mass is 299 g/mol. The minimum Gasteiger partial charge on any atom is -0.481 e. The lowest BCUT2D eigenvalue weighted by atomic mass is 9.98. The van der Waals surface area contributed by atoms with E-state index in [0.29, 0.717) is 0 Å². The molecule has 21 heavy (non-hydrogen) atoms. The van der Waals surface area contributed by atoms with Crippen LogP contribution in [0.15, 0.2) is 18.2 Å². The maximum absolute atomic E-state index is 13.1. The first-order valence-corrected chi connectivity index (χ1v) is 7.00. The summed E-state index contributed by atoms with van der Waals surface area (Å²) in [4.78, 5) is 12.1. The van der Waals surface area contributed by atoms with Gasteiger partial charge in [-0.3, -0.25) is 4.79 Å². The second kappa shape index (κ2) is 6.39. The molecule has 1 aliphatic carbocycles. The van der Waals surface area contributed by atoms with E-state index in [2.05, 4.69) is 5.32 Å². The third kappa shape index (κ3) is 3.69. The number of aliphatic hydroxyl groups excluding tert-OH is 1. The van der Waals surface area contributed by atoms with Crippen molar-refractivity contribution in [3.05, 3.63) is 29.8 Å². The predicted molar refractivity (Wildman–Crippen MR) is 72.9 cm³/mol. The molecule has 1 unspecified atom stereocenters. The maximum Gasteiger partial charge on any atom is 0.261 e. The van der Waals surface area contributed by atoms with Crippen LogP contribution in [0.3, 0.4) is 0 Å². The highest BCUT2D eigenvalue weighted by molar-refractivity contribution is 5.81. The van der Waals surface area contributed by atoms with Crippen molar-refractivity contribution in [1.29, 1.82) is 0 Å². The molecule has 1 fully saturated rings. The number of hydrogen-bond acceptors (Lipinski definition) is 3. The fraction of sp³-hybridized carbons (Fsp3) is 0.533. The van der Waals surface area contributed by atoms with Gasteiger partial charge in [0.2, 0.25) is 0 Å². The van der Waals surface area contributed by atoms with Crippen molar-refractivity contribution in [3.63, 3.8) is 0 Å². The molecule has 0 radical (unpaired) electrons. The standard InChI is InChI=1S/C15H19F2NO3/c1-10(21-11-4-5-12(16)13(17)8-11)14(20)18-15(9-19)6-2-3-7-15/h4-5,8,10,19H,2-3,6-7,9H2,1H3,(H,18,20). The Hall–Kier alpha value is -1.69. The quantitative estimate of drug-likeness (QED) is 0.876. The van der Waals surface area contributed by atoms with Gasteiger partial charge in [0.25, 0.3) is 5.91 Å². The van der Waals surface area contributed by atoms with Crippen LogP contribution in [0.1, 0.15) is 32.6 Å². The molecule has 1 amide bonds. The Balaban J connectivity index is 1.97. The number of aliphatic hydroxyl groups is 1. The molecular formula is C15H19F2NO3. The molecule has 0 saturated heterocycles. The van der Waals surface area contributed by atoms with Crippen LogP contribution in [0.2, 0.25) is 0 Å². The summed E-state index contributed by atoms with van der Waals surface area (Å²) >= 11 is 0. The van der Waals surface area contributed by atoms with Gasteiger partial charge in [-0.05, 0) is 31.9 Å². The first-order chi connectivity index (χ1) is 9.96. The molecule has 2 N–H and O–H groups in total. The van der Waals surface area contributed by atoms with Crippen LogP contribution in [0, 0.1) is 11.6 Å². The molecule has 0 aliphatic heterocycles. The average molecular weight is 299 g/mol. The second-order valence-corrected chi connectivity index (χ2v) is 5.47. The van der Waals surface area contributed by atoms with Gasteiger partial charge in [-0.1, -0.05) is 12.8 Å². The summed E-state index contributed by atoms with van der Waals surface area (Å²) in [5, 5.41) is 12.3. The first kappa shape index (κ1) is 15.7. The molecule has 6 heteroatoms. The number of ether oxygens (including phenoxy) is 1.